The summed E-state index contributed by atoms with van der Waals surface area (Å²) in [5.41, 5.74) is 9.86. The molecule has 0 aliphatic rings. The number of rotatable bonds is 6. The molecule has 0 spiro atoms. The van der Waals surface area contributed by atoms with E-state index >= 15 is 0 Å². The molecule has 102 valence electrons. The molecule has 0 bridgehead atoms. The number of amides is 2. The zero-order chi connectivity index (χ0) is 14.6. The lowest BCUT2D eigenvalue weighted by Gasteiger charge is -2.17. The summed E-state index contributed by atoms with van der Waals surface area (Å²) in [5.74, 6) is -1.83. The van der Waals surface area contributed by atoms with Crippen LogP contribution in [0.1, 0.15) is 4.88 Å². The first-order valence-electron chi connectivity index (χ1n) is 4.84. The Hall–Kier alpha value is -1.96. The van der Waals surface area contributed by atoms with Gasteiger partial charge in [0.15, 0.2) is 0 Å². The van der Waals surface area contributed by atoms with Crippen molar-refractivity contribution in [2.24, 2.45) is 11.5 Å². The second-order valence-electron chi connectivity index (χ2n) is 3.44. The first kappa shape index (κ1) is 15.1. The SMILES string of the molecule is N#Cc1ccc(S(=O)(=O)N(CC(N)=O)CC(N)=O)s1. The summed E-state index contributed by atoms with van der Waals surface area (Å²) in [7, 11) is -4.08. The Kier molecular flexibility index (Phi) is 4.60. The summed E-state index contributed by atoms with van der Waals surface area (Å²) in [5, 5.41) is 8.65. The molecule has 8 nitrogen and oxygen atoms in total. The number of carbonyl (C=O) groups is 2. The Morgan fingerprint density at radius 1 is 1.26 bits per heavy atom. The summed E-state index contributed by atoms with van der Waals surface area (Å²) in [6.45, 7) is -1.32. The van der Waals surface area contributed by atoms with Gasteiger partial charge in [-0.1, -0.05) is 0 Å². The van der Waals surface area contributed by atoms with Crippen LogP contribution in [0.2, 0.25) is 0 Å². The van der Waals surface area contributed by atoms with Gasteiger partial charge in [-0.3, -0.25) is 9.59 Å². The van der Waals surface area contributed by atoms with E-state index in [1.807, 2.05) is 0 Å². The number of nitrogens with zero attached hydrogens (tertiary/aromatic N) is 2. The minimum absolute atomic E-state index is 0.161. The third kappa shape index (κ3) is 3.75. The van der Waals surface area contributed by atoms with Crippen LogP contribution in [0.15, 0.2) is 16.3 Å². The predicted octanol–water partition coefficient (Wildman–Crippen LogP) is -1.42. The van der Waals surface area contributed by atoms with E-state index in [1.54, 1.807) is 6.07 Å². The Bertz CT molecular complexity index is 627. The molecule has 1 heterocycles. The minimum Gasteiger partial charge on any atom is -0.369 e. The van der Waals surface area contributed by atoms with Crippen molar-refractivity contribution >= 4 is 33.2 Å². The normalized spacial score (nSPS) is 11.2. The Morgan fingerprint density at radius 3 is 2.16 bits per heavy atom. The van der Waals surface area contributed by atoms with Gasteiger partial charge in [0.2, 0.25) is 11.8 Å². The van der Waals surface area contributed by atoms with Crippen molar-refractivity contribution in [3.63, 3.8) is 0 Å². The van der Waals surface area contributed by atoms with Crippen molar-refractivity contribution in [2.75, 3.05) is 13.1 Å². The smallest absolute Gasteiger partial charge is 0.253 e. The molecule has 0 aliphatic heterocycles. The fourth-order valence-electron chi connectivity index (χ4n) is 1.22. The van der Waals surface area contributed by atoms with Gasteiger partial charge in [-0.05, 0) is 12.1 Å². The van der Waals surface area contributed by atoms with E-state index in [0.29, 0.717) is 4.31 Å². The highest BCUT2D eigenvalue weighted by molar-refractivity contribution is 7.91. The van der Waals surface area contributed by atoms with Crippen LogP contribution in [-0.2, 0) is 19.6 Å². The van der Waals surface area contributed by atoms with Crippen molar-refractivity contribution in [1.29, 1.82) is 5.26 Å². The summed E-state index contributed by atoms with van der Waals surface area (Å²) in [6, 6.07) is 4.33. The van der Waals surface area contributed by atoms with Crippen LogP contribution < -0.4 is 11.5 Å². The number of thiophene rings is 1. The molecule has 0 radical (unpaired) electrons. The second kappa shape index (κ2) is 5.79. The topological polar surface area (TPSA) is 147 Å². The van der Waals surface area contributed by atoms with Crippen molar-refractivity contribution in [3.8, 4) is 6.07 Å². The van der Waals surface area contributed by atoms with Crippen LogP contribution in [0.4, 0.5) is 0 Å². The Labute approximate surface area is 113 Å². The van der Waals surface area contributed by atoms with Crippen LogP contribution in [0, 0.1) is 11.3 Å². The van der Waals surface area contributed by atoms with Gasteiger partial charge in [0.05, 0.1) is 13.1 Å². The molecule has 1 aromatic rings. The first-order chi connectivity index (χ1) is 8.77. The minimum atomic E-state index is -4.08. The number of nitriles is 1. The predicted molar refractivity (Wildman–Crippen MR) is 66.2 cm³/mol. The van der Waals surface area contributed by atoms with Crippen molar-refractivity contribution in [2.45, 2.75) is 4.21 Å². The van der Waals surface area contributed by atoms with Crippen molar-refractivity contribution in [1.82, 2.24) is 4.31 Å². The molecule has 10 heteroatoms. The van der Waals surface area contributed by atoms with Crippen molar-refractivity contribution < 1.29 is 18.0 Å². The van der Waals surface area contributed by atoms with Gasteiger partial charge in [-0.15, -0.1) is 11.3 Å². The second-order valence-corrected chi connectivity index (χ2v) is 6.68. The fraction of sp³-hybridized carbons (Fsp3) is 0.222. The molecule has 0 unspecified atom stereocenters. The molecule has 0 fully saturated rings. The zero-order valence-corrected chi connectivity index (χ0v) is 11.2. The van der Waals surface area contributed by atoms with Gasteiger partial charge < -0.3 is 11.5 Å². The third-order valence-electron chi connectivity index (χ3n) is 1.95. The van der Waals surface area contributed by atoms with E-state index in [4.69, 9.17) is 16.7 Å². The number of nitrogens with two attached hydrogens (primary N) is 2. The summed E-state index contributed by atoms with van der Waals surface area (Å²) >= 11 is 0.727. The van der Waals surface area contributed by atoms with E-state index < -0.39 is 34.9 Å². The van der Waals surface area contributed by atoms with Gasteiger partial charge in [0, 0.05) is 0 Å². The van der Waals surface area contributed by atoms with E-state index in [-0.39, 0.29) is 9.09 Å². The Balaban J connectivity index is 3.15. The molecule has 1 aromatic heterocycles. The van der Waals surface area contributed by atoms with Gasteiger partial charge in [-0.25, -0.2) is 8.42 Å². The van der Waals surface area contributed by atoms with Gasteiger partial charge in [0.25, 0.3) is 10.0 Å². The van der Waals surface area contributed by atoms with Crippen LogP contribution in [-0.4, -0.2) is 37.6 Å². The van der Waals surface area contributed by atoms with Crippen LogP contribution in [0.5, 0.6) is 0 Å². The maximum absolute atomic E-state index is 12.1. The molecular weight excluding hydrogens is 292 g/mol. The monoisotopic (exact) mass is 302 g/mol. The highest BCUT2D eigenvalue weighted by Gasteiger charge is 2.28. The van der Waals surface area contributed by atoms with Crippen molar-refractivity contribution in [3.05, 3.63) is 17.0 Å². The number of hydrogen-bond acceptors (Lipinski definition) is 6. The number of carbonyl (C=O) groups excluding carboxylic acids is 2. The van der Waals surface area contributed by atoms with E-state index in [2.05, 4.69) is 0 Å². The third-order valence-corrected chi connectivity index (χ3v) is 5.20. The maximum Gasteiger partial charge on any atom is 0.253 e. The first-order valence-corrected chi connectivity index (χ1v) is 7.09. The lowest BCUT2D eigenvalue weighted by molar-refractivity contribution is -0.120. The molecule has 0 aliphatic carbocycles. The standard InChI is InChI=1S/C9H10N4O4S2/c10-3-6-1-2-9(18-6)19(16,17)13(4-7(11)14)5-8(12)15/h1-2H,4-5H2,(H2,11,14)(H2,12,15). The quantitative estimate of drug-likeness (QED) is 0.661. The van der Waals surface area contributed by atoms with Crippen LogP contribution in [0.25, 0.3) is 0 Å². The Morgan fingerprint density at radius 2 is 1.79 bits per heavy atom. The van der Waals surface area contributed by atoms with Gasteiger partial charge in [0.1, 0.15) is 15.2 Å². The van der Waals surface area contributed by atoms with E-state index in [0.717, 1.165) is 11.3 Å². The average Bonchev–Trinajstić information content (AvgIpc) is 2.75. The lowest BCUT2D eigenvalue weighted by Crippen LogP contribution is -2.42. The van der Waals surface area contributed by atoms with E-state index in [9.17, 15) is 18.0 Å². The zero-order valence-electron chi connectivity index (χ0n) is 9.57. The molecule has 0 aromatic carbocycles. The largest absolute Gasteiger partial charge is 0.369 e. The van der Waals surface area contributed by atoms with Gasteiger partial charge in [-0.2, -0.15) is 9.57 Å². The van der Waals surface area contributed by atoms with Gasteiger partial charge >= 0.3 is 0 Å². The number of hydrogen-bond donors (Lipinski definition) is 2. The maximum atomic E-state index is 12.1. The highest BCUT2D eigenvalue weighted by Crippen LogP contribution is 2.24. The molecule has 1 rings (SSSR count). The molecule has 0 saturated heterocycles. The molecule has 0 atom stereocenters. The molecule has 4 N–H and O–H groups in total. The molecule has 0 saturated carbocycles. The molecule has 19 heavy (non-hydrogen) atoms. The van der Waals surface area contributed by atoms with Crippen LogP contribution >= 0.6 is 11.3 Å². The van der Waals surface area contributed by atoms with Crippen LogP contribution in [0.3, 0.4) is 0 Å². The fourth-order valence-corrected chi connectivity index (χ4v) is 3.85. The van der Waals surface area contributed by atoms with E-state index in [1.165, 1.54) is 12.1 Å². The molecule has 2 amide bonds. The highest BCUT2D eigenvalue weighted by atomic mass is 32.2. The summed E-state index contributed by atoms with van der Waals surface area (Å²) < 4.78 is 24.7. The average molecular weight is 302 g/mol. The number of primary amides is 2. The molecular formula is C9H10N4O4S2. The summed E-state index contributed by atoms with van der Waals surface area (Å²) in [4.78, 5) is 21.9. The summed E-state index contributed by atoms with van der Waals surface area (Å²) in [6.07, 6.45) is 0. The number of sulfonamides is 1. The lowest BCUT2D eigenvalue weighted by atomic mass is 10.5.